The number of hydrogen-bond donors (Lipinski definition) is 1. The lowest BCUT2D eigenvalue weighted by Gasteiger charge is -2.17. The van der Waals surface area contributed by atoms with Gasteiger partial charge in [-0.3, -0.25) is 14.0 Å². The lowest BCUT2D eigenvalue weighted by molar-refractivity contribution is 0.0933. The van der Waals surface area contributed by atoms with Crippen molar-refractivity contribution in [2.24, 2.45) is 0 Å². The molecule has 0 aliphatic carbocycles. The van der Waals surface area contributed by atoms with Crippen molar-refractivity contribution in [3.63, 3.8) is 0 Å². The predicted octanol–water partition coefficient (Wildman–Crippen LogP) is 3.54. The highest BCUT2D eigenvalue weighted by Crippen LogP contribution is 2.19. The van der Waals surface area contributed by atoms with Crippen LogP contribution in [0.25, 0.3) is 5.65 Å². The molecule has 0 spiro atoms. The summed E-state index contributed by atoms with van der Waals surface area (Å²) in [5.41, 5.74) is 2.01. The Morgan fingerprint density at radius 3 is 2.64 bits per heavy atom. The number of aryl methyl sites for hydroxylation is 1. The lowest BCUT2D eigenvalue weighted by Crippen LogP contribution is -2.34. The van der Waals surface area contributed by atoms with Crippen LogP contribution in [0.4, 0.5) is 0 Å². The number of hydrogen-bond acceptors (Lipinski definition) is 3. The standard InChI is InChI=1S/C19H18ClN3O2/c1-3-16(13-5-7-14(20)8-6-13)22-18(24)15-10-21-17-9-4-12(2)11-23(17)19(15)25/h4-11,16H,3H2,1-2H3,(H,22,24). The van der Waals surface area contributed by atoms with Gasteiger partial charge in [0, 0.05) is 17.4 Å². The maximum atomic E-state index is 12.6. The number of fused-ring (bicyclic) bond motifs is 1. The van der Waals surface area contributed by atoms with E-state index in [-0.39, 0.29) is 17.2 Å². The molecular weight excluding hydrogens is 338 g/mol. The fraction of sp³-hybridized carbons (Fsp3) is 0.211. The molecule has 0 bridgehead atoms. The van der Waals surface area contributed by atoms with Crippen molar-refractivity contribution in [2.75, 3.05) is 0 Å². The molecule has 0 radical (unpaired) electrons. The third-order valence-corrected chi connectivity index (χ3v) is 4.33. The van der Waals surface area contributed by atoms with Crippen LogP contribution in [-0.4, -0.2) is 15.3 Å². The molecule has 3 rings (SSSR count). The topological polar surface area (TPSA) is 63.5 Å². The first-order valence-corrected chi connectivity index (χ1v) is 8.41. The van der Waals surface area contributed by atoms with Gasteiger partial charge in [0.2, 0.25) is 0 Å². The minimum atomic E-state index is -0.435. The SMILES string of the molecule is CCC(NC(=O)c1cnc2ccc(C)cn2c1=O)c1ccc(Cl)cc1. The van der Waals surface area contributed by atoms with Gasteiger partial charge in [-0.15, -0.1) is 0 Å². The van der Waals surface area contributed by atoms with Crippen LogP contribution in [0.15, 0.2) is 53.6 Å². The summed E-state index contributed by atoms with van der Waals surface area (Å²) >= 11 is 5.91. The highest BCUT2D eigenvalue weighted by atomic mass is 35.5. The quantitative estimate of drug-likeness (QED) is 0.778. The highest BCUT2D eigenvalue weighted by molar-refractivity contribution is 6.30. The zero-order chi connectivity index (χ0) is 18.0. The Labute approximate surface area is 150 Å². The zero-order valence-corrected chi connectivity index (χ0v) is 14.7. The molecule has 1 aromatic carbocycles. The van der Waals surface area contributed by atoms with Gasteiger partial charge in [-0.2, -0.15) is 0 Å². The number of benzene rings is 1. The minimum Gasteiger partial charge on any atom is -0.345 e. The first-order chi connectivity index (χ1) is 12.0. The predicted molar refractivity (Wildman–Crippen MR) is 98.1 cm³/mol. The number of rotatable bonds is 4. The van der Waals surface area contributed by atoms with Crippen LogP contribution >= 0.6 is 11.6 Å². The Morgan fingerprint density at radius 1 is 1.24 bits per heavy atom. The van der Waals surface area contributed by atoms with E-state index in [1.54, 1.807) is 24.4 Å². The Balaban J connectivity index is 1.92. The fourth-order valence-corrected chi connectivity index (χ4v) is 2.82. The molecule has 5 nitrogen and oxygen atoms in total. The molecule has 1 N–H and O–H groups in total. The third kappa shape index (κ3) is 3.56. The van der Waals surface area contributed by atoms with Crippen molar-refractivity contribution >= 4 is 23.2 Å². The number of aromatic nitrogens is 2. The van der Waals surface area contributed by atoms with E-state index in [0.717, 1.165) is 11.1 Å². The summed E-state index contributed by atoms with van der Waals surface area (Å²) in [5, 5.41) is 3.54. The molecule has 3 aromatic rings. The molecule has 0 saturated carbocycles. The van der Waals surface area contributed by atoms with Crippen LogP contribution in [0.2, 0.25) is 5.02 Å². The number of carbonyl (C=O) groups is 1. The highest BCUT2D eigenvalue weighted by Gasteiger charge is 2.18. The second-order valence-corrected chi connectivity index (χ2v) is 6.33. The number of nitrogens with one attached hydrogen (secondary N) is 1. The second-order valence-electron chi connectivity index (χ2n) is 5.90. The number of amides is 1. The number of halogens is 1. The van der Waals surface area contributed by atoms with Crippen LogP contribution in [0.5, 0.6) is 0 Å². The van der Waals surface area contributed by atoms with Gasteiger partial charge < -0.3 is 5.32 Å². The Kier molecular flexibility index (Phi) is 4.86. The zero-order valence-electron chi connectivity index (χ0n) is 14.0. The summed E-state index contributed by atoms with van der Waals surface area (Å²) in [4.78, 5) is 29.4. The normalized spacial score (nSPS) is 12.1. The van der Waals surface area contributed by atoms with Crippen molar-refractivity contribution in [2.45, 2.75) is 26.3 Å². The van der Waals surface area contributed by atoms with Gasteiger partial charge in [-0.1, -0.05) is 36.7 Å². The Morgan fingerprint density at radius 2 is 1.96 bits per heavy atom. The van der Waals surface area contributed by atoms with Crippen molar-refractivity contribution in [3.8, 4) is 0 Å². The smallest absolute Gasteiger partial charge is 0.270 e. The maximum absolute atomic E-state index is 12.6. The fourth-order valence-electron chi connectivity index (χ4n) is 2.69. The monoisotopic (exact) mass is 355 g/mol. The summed E-state index contributed by atoms with van der Waals surface area (Å²) in [6.45, 7) is 3.85. The Bertz CT molecular complexity index is 980. The summed E-state index contributed by atoms with van der Waals surface area (Å²) < 4.78 is 1.40. The van der Waals surface area contributed by atoms with E-state index in [9.17, 15) is 9.59 Å². The molecule has 0 fully saturated rings. The van der Waals surface area contributed by atoms with E-state index >= 15 is 0 Å². The molecule has 6 heteroatoms. The second kappa shape index (κ2) is 7.07. The average molecular weight is 356 g/mol. The molecule has 1 atom stereocenters. The molecule has 25 heavy (non-hydrogen) atoms. The molecule has 0 saturated heterocycles. The number of pyridine rings is 1. The van der Waals surface area contributed by atoms with Crippen LogP contribution in [0, 0.1) is 6.92 Å². The Hall–Kier alpha value is -2.66. The van der Waals surface area contributed by atoms with Gasteiger partial charge in [-0.25, -0.2) is 4.98 Å². The van der Waals surface area contributed by atoms with Gasteiger partial charge in [0.15, 0.2) is 0 Å². The first kappa shape index (κ1) is 17.2. The van der Waals surface area contributed by atoms with E-state index < -0.39 is 5.91 Å². The summed E-state index contributed by atoms with van der Waals surface area (Å²) in [5.74, 6) is -0.435. The minimum absolute atomic E-state index is 0.0236. The van der Waals surface area contributed by atoms with E-state index in [4.69, 9.17) is 11.6 Å². The van der Waals surface area contributed by atoms with Gasteiger partial charge in [0.1, 0.15) is 11.2 Å². The van der Waals surface area contributed by atoms with Crippen molar-refractivity contribution in [1.82, 2.24) is 14.7 Å². The average Bonchev–Trinajstić information content (AvgIpc) is 2.61. The molecular formula is C19H18ClN3O2. The summed E-state index contributed by atoms with van der Waals surface area (Å²) in [7, 11) is 0. The molecule has 1 amide bonds. The lowest BCUT2D eigenvalue weighted by atomic mass is 10.0. The van der Waals surface area contributed by atoms with E-state index in [2.05, 4.69) is 10.3 Å². The molecule has 0 aliphatic rings. The molecule has 0 aliphatic heterocycles. The number of nitrogens with zero attached hydrogens (tertiary/aromatic N) is 2. The first-order valence-electron chi connectivity index (χ1n) is 8.04. The van der Waals surface area contributed by atoms with Gasteiger partial charge >= 0.3 is 0 Å². The molecule has 1 unspecified atom stereocenters. The van der Waals surface area contributed by atoms with E-state index in [0.29, 0.717) is 17.1 Å². The van der Waals surface area contributed by atoms with E-state index in [1.165, 1.54) is 10.6 Å². The summed E-state index contributed by atoms with van der Waals surface area (Å²) in [6.07, 6.45) is 3.70. The molecule has 128 valence electrons. The number of carbonyl (C=O) groups excluding carboxylic acids is 1. The van der Waals surface area contributed by atoms with Gasteiger partial charge in [0.05, 0.1) is 6.04 Å². The van der Waals surface area contributed by atoms with Gasteiger partial charge in [0.25, 0.3) is 11.5 Å². The van der Waals surface area contributed by atoms with Gasteiger partial charge in [-0.05, 0) is 42.7 Å². The summed E-state index contributed by atoms with van der Waals surface area (Å²) in [6, 6.07) is 10.7. The van der Waals surface area contributed by atoms with Crippen molar-refractivity contribution in [1.29, 1.82) is 0 Å². The van der Waals surface area contributed by atoms with Crippen LogP contribution in [-0.2, 0) is 0 Å². The van der Waals surface area contributed by atoms with E-state index in [1.807, 2.05) is 32.0 Å². The van der Waals surface area contributed by atoms with Crippen LogP contribution in [0.1, 0.15) is 40.9 Å². The third-order valence-electron chi connectivity index (χ3n) is 4.08. The van der Waals surface area contributed by atoms with Crippen LogP contribution in [0.3, 0.4) is 0 Å². The van der Waals surface area contributed by atoms with Crippen molar-refractivity contribution < 1.29 is 4.79 Å². The largest absolute Gasteiger partial charge is 0.345 e. The molecule has 2 heterocycles. The van der Waals surface area contributed by atoms with Crippen molar-refractivity contribution in [3.05, 3.63) is 80.9 Å². The maximum Gasteiger partial charge on any atom is 0.270 e. The van der Waals surface area contributed by atoms with Crippen LogP contribution < -0.4 is 10.9 Å². The molecule has 2 aromatic heterocycles.